The van der Waals surface area contributed by atoms with Crippen LogP contribution in [-0.2, 0) is 4.74 Å². The minimum atomic E-state index is 0.0946. The molecule has 1 saturated heterocycles. The van der Waals surface area contributed by atoms with Gasteiger partial charge in [0.05, 0.1) is 19.3 Å². The Morgan fingerprint density at radius 2 is 2.15 bits per heavy atom. The molecule has 0 aliphatic carbocycles. The van der Waals surface area contributed by atoms with Gasteiger partial charge >= 0.3 is 0 Å². The Labute approximate surface area is 120 Å². The van der Waals surface area contributed by atoms with E-state index in [0.717, 1.165) is 44.0 Å². The van der Waals surface area contributed by atoms with Crippen molar-refractivity contribution in [3.05, 3.63) is 11.8 Å². The van der Waals surface area contributed by atoms with Gasteiger partial charge in [0.1, 0.15) is 5.82 Å². The van der Waals surface area contributed by atoms with Crippen LogP contribution in [0.25, 0.3) is 0 Å². The molecule has 0 saturated carbocycles. The molecule has 1 fully saturated rings. The number of ether oxygens (including phenoxy) is 1. The van der Waals surface area contributed by atoms with Crippen LogP contribution in [0, 0.1) is 6.92 Å². The standard InChI is InChI=1S/C14H24N4O2/c1-3-15-14-16-11(2)10-13(17-14)18-6-4-12(5-7-18)20-9-8-19/h10,12,19H,3-9H2,1-2H3,(H,15,16,17). The fourth-order valence-electron chi connectivity index (χ4n) is 2.42. The first kappa shape index (κ1) is 15.0. The van der Waals surface area contributed by atoms with Gasteiger partial charge < -0.3 is 20.1 Å². The van der Waals surface area contributed by atoms with Gasteiger partial charge in [0, 0.05) is 31.4 Å². The van der Waals surface area contributed by atoms with Crippen molar-refractivity contribution in [1.82, 2.24) is 9.97 Å². The molecule has 1 aromatic rings. The van der Waals surface area contributed by atoms with Gasteiger partial charge in [-0.05, 0) is 26.7 Å². The van der Waals surface area contributed by atoms with Crippen molar-refractivity contribution < 1.29 is 9.84 Å². The molecule has 0 radical (unpaired) electrons. The van der Waals surface area contributed by atoms with Crippen LogP contribution in [-0.4, -0.2) is 54.0 Å². The Bertz CT molecular complexity index is 420. The lowest BCUT2D eigenvalue weighted by Gasteiger charge is -2.32. The van der Waals surface area contributed by atoms with Crippen LogP contribution in [0.5, 0.6) is 0 Å². The summed E-state index contributed by atoms with van der Waals surface area (Å²) in [7, 11) is 0. The maximum atomic E-state index is 8.78. The normalized spacial score (nSPS) is 16.4. The quantitative estimate of drug-likeness (QED) is 0.816. The lowest BCUT2D eigenvalue weighted by molar-refractivity contribution is 0.0158. The highest BCUT2D eigenvalue weighted by atomic mass is 16.5. The van der Waals surface area contributed by atoms with E-state index in [-0.39, 0.29) is 12.7 Å². The minimum absolute atomic E-state index is 0.0946. The van der Waals surface area contributed by atoms with E-state index >= 15 is 0 Å². The van der Waals surface area contributed by atoms with Crippen molar-refractivity contribution in [1.29, 1.82) is 0 Å². The van der Waals surface area contributed by atoms with E-state index in [1.807, 2.05) is 19.9 Å². The number of hydrogen-bond donors (Lipinski definition) is 2. The summed E-state index contributed by atoms with van der Waals surface area (Å²) in [4.78, 5) is 11.2. The van der Waals surface area contributed by atoms with Gasteiger partial charge in [-0.2, -0.15) is 4.98 Å². The summed E-state index contributed by atoms with van der Waals surface area (Å²) in [6, 6.07) is 2.02. The first-order valence-electron chi connectivity index (χ1n) is 7.30. The molecule has 0 amide bonds. The maximum absolute atomic E-state index is 8.78. The van der Waals surface area contributed by atoms with Crippen molar-refractivity contribution >= 4 is 11.8 Å². The van der Waals surface area contributed by atoms with Crippen molar-refractivity contribution in [3.8, 4) is 0 Å². The number of hydrogen-bond acceptors (Lipinski definition) is 6. The summed E-state index contributed by atoms with van der Waals surface area (Å²) >= 11 is 0. The molecule has 20 heavy (non-hydrogen) atoms. The predicted molar refractivity (Wildman–Crippen MR) is 79.2 cm³/mol. The highest BCUT2D eigenvalue weighted by Gasteiger charge is 2.21. The number of anilines is 2. The van der Waals surface area contributed by atoms with E-state index in [2.05, 4.69) is 20.2 Å². The third-order valence-electron chi connectivity index (χ3n) is 3.39. The first-order chi connectivity index (χ1) is 9.72. The van der Waals surface area contributed by atoms with Crippen LogP contribution < -0.4 is 10.2 Å². The van der Waals surface area contributed by atoms with Crippen LogP contribution in [0.15, 0.2) is 6.07 Å². The summed E-state index contributed by atoms with van der Waals surface area (Å²) < 4.78 is 5.58. The fourth-order valence-corrected chi connectivity index (χ4v) is 2.42. The molecule has 2 N–H and O–H groups in total. The molecule has 112 valence electrons. The van der Waals surface area contributed by atoms with Gasteiger partial charge in [-0.3, -0.25) is 0 Å². The zero-order valence-electron chi connectivity index (χ0n) is 12.3. The summed E-state index contributed by atoms with van der Waals surface area (Å²) in [6.07, 6.45) is 2.20. The number of aliphatic hydroxyl groups excluding tert-OH is 1. The largest absolute Gasteiger partial charge is 0.394 e. The number of aliphatic hydroxyl groups is 1. The number of aryl methyl sites for hydroxylation is 1. The molecule has 2 heterocycles. The molecular formula is C14H24N4O2. The molecule has 0 bridgehead atoms. The Morgan fingerprint density at radius 1 is 1.40 bits per heavy atom. The second-order valence-corrected chi connectivity index (χ2v) is 5.00. The average Bonchev–Trinajstić information content (AvgIpc) is 2.45. The van der Waals surface area contributed by atoms with Crippen LogP contribution in [0.3, 0.4) is 0 Å². The highest BCUT2D eigenvalue weighted by molar-refractivity contribution is 5.45. The maximum Gasteiger partial charge on any atom is 0.224 e. The molecule has 0 spiro atoms. The number of piperidine rings is 1. The third-order valence-corrected chi connectivity index (χ3v) is 3.39. The topological polar surface area (TPSA) is 70.5 Å². The van der Waals surface area contributed by atoms with E-state index in [0.29, 0.717) is 12.6 Å². The lowest BCUT2D eigenvalue weighted by atomic mass is 10.1. The average molecular weight is 280 g/mol. The van der Waals surface area contributed by atoms with Gasteiger partial charge in [-0.1, -0.05) is 0 Å². The van der Waals surface area contributed by atoms with Gasteiger partial charge in [0.2, 0.25) is 5.95 Å². The van der Waals surface area contributed by atoms with Gasteiger partial charge in [0.15, 0.2) is 0 Å². The molecular weight excluding hydrogens is 256 g/mol. The van der Waals surface area contributed by atoms with E-state index in [4.69, 9.17) is 9.84 Å². The third kappa shape index (κ3) is 4.05. The van der Waals surface area contributed by atoms with E-state index in [1.165, 1.54) is 0 Å². The van der Waals surface area contributed by atoms with Crippen molar-refractivity contribution in [2.75, 3.05) is 43.1 Å². The molecule has 6 nitrogen and oxygen atoms in total. The van der Waals surface area contributed by atoms with E-state index in [1.54, 1.807) is 0 Å². The molecule has 0 aromatic carbocycles. The SMILES string of the molecule is CCNc1nc(C)cc(N2CCC(OCCO)CC2)n1. The molecule has 1 aliphatic heterocycles. The summed E-state index contributed by atoms with van der Waals surface area (Å²) in [5.74, 6) is 1.68. The molecule has 0 atom stereocenters. The van der Waals surface area contributed by atoms with E-state index in [9.17, 15) is 0 Å². The molecule has 6 heteroatoms. The zero-order valence-corrected chi connectivity index (χ0v) is 12.3. The van der Waals surface area contributed by atoms with Crippen molar-refractivity contribution in [2.24, 2.45) is 0 Å². The molecule has 1 aliphatic rings. The zero-order chi connectivity index (χ0) is 14.4. The number of nitrogens with zero attached hydrogens (tertiary/aromatic N) is 3. The van der Waals surface area contributed by atoms with Crippen LogP contribution >= 0.6 is 0 Å². The van der Waals surface area contributed by atoms with Crippen LogP contribution in [0.1, 0.15) is 25.5 Å². The van der Waals surface area contributed by atoms with Crippen LogP contribution in [0.4, 0.5) is 11.8 Å². The van der Waals surface area contributed by atoms with Crippen molar-refractivity contribution in [3.63, 3.8) is 0 Å². The number of rotatable bonds is 6. The minimum Gasteiger partial charge on any atom is -0.394 e. The number of aromatic nitrogens is 2. The summed E-state index contributed by atoms with van der Waals surface area (Å²) in [6.45, 7) is 7.23. The Balaban J connectivity index is 1.96. The Kier molecular flexibility index (Phi) is 5.55. The van der Waals surface area contributed by atoms with Gasteiger partial charge in [-0.25, -0.2) is 4.98 Å². The van der Waals surface area contributed by atoms with E-state index < -0.39 is 0 Å². The number of nitrogens with one attached hydrogen (secondary N) is 1. The van der Waals surface area contributed by atoms with Gasteiger partial charge in [0.25, 0.3) is 0 Å². The first-order valence-corrected chi connectivity index (χ1v) is 7.30. The summed E-state index contributed by atoms with van der Waals surface area (Å²) in [5, 5.41) is 11.9. The molecule has 1 aromatic heterocycles. The fraction of sp³-hybridized carbons (Fsp3) is 0.714. The van der Waals surface area contributed by atoms with Gasteiger partial charge in [-0.15, -0.1) is 0 Å². The highest BCUT2D eigenvalue weighted by Crippen LogP contribution is 2.21. The smallest absolute Gasteiger partial charge is 0.224 e. The second-order valence-electron chi connectivity index (χ2n) is 5.00. The van der Waals surface area contributed by atoms with Crippen LogP contribution in [0.2, 0.25) is 0 Å². The Hall–Kier alpha value is -1.40. The second kappa shape index (κ2) is 7.40. The monoisotopic (exact) mass is 280 g/mol. The lowest BCUT2D eigenvalue weighted by Crippen LogP contribution is -2.38. The summed E-state index contributed by atoms with van der Waals surface area (Å²) in [5.41, 5.74) is 0.976. The Morgan fingerprint density at radius 3 is 2.80 bits per heavy atom. The van der Waals surface area contributed by atoms with Crippen molar-refractivity contribution in [2.45, 2.75) is 32.8 Å². The molecule has 0 unspecified atom stereocenters. The predicted octanol–water partition coefficient (Wildman–Crippen LogP) is 1.19. The molecule has 2 rings (SSSR count).